The average Bonchev–Trinajstić information content (AvgIpc) is 2.62. The van der Waals surface area contributed by atoms with Gasteiger partial charge in [0.1, 0.15) is 0 Å². The number of ether oxygens (including phenoxy) is 1. The van der Waals surface area contributed by atoms with Gasteiger partial charge in [-0.3, -0.25) is 19.4 Å². The fourth-order valence-electron chi connectivity index (χ4n) is 2.87. The zero-order valence-corrected chi connectivity index (χ0v) is 15.2. The SMILES string of the molecule is CCOCCN(CC)CCN1C(=O)/C2=C/C=C\C/C=C\C=C(/C2)C1=O. The van der Waals surface area contributed by atoms with Crippen molar-refractivity contribution in [3.63, 3.8) is 0 Å². The lowest BCUT2D eigenvalue weighted by Gasteiger charge is -2.30. The molecule has 1 aliphatic heterocycles. The molecule has 136 valence electrons. The second-order valence-electron chi connectivity index (χ2n) is 6.05. The molecule has 0 aromatic heterocycles. The van der Waals surface area contributed by atoms with Crippen molar-refractivity contribution in [1.82, 2.24) is 9.80 Å². The quantitative estimate of drug-likeness (QED) is 0.501. The molecule has 5 heteroatoms. The van der Waals surface area contributed by atoms with Crippen LogP contribution in [-0.2, 0) is 14.3 Å². The highest BCUT2D eigenvalue weighted by Gasteiger charge is 2.33. The Morgan fingerprint density at radius 2 is 1.68 bits per heavy atom. The van der Waals surface area contributed by atoms with Crippen LogP contribution in [-0.4, -0.2) is 61.0 Å². The van der Waals surface area contributed by atoms with Crippen molar-refractivity contribution in [3.8, 4) is 0 Å². The van der Waals surface area contributed by atoms with E-state index in [2.05, 4.69) is 11.8 Å². The number of imide groups is 1. The summed E-state index contributed by atoms with van der Waals surface area (Å²) >= 11 is 0. The van der Waals surface area contributed by atoms with Gasteiger partial charge in [-0.25, -0.2) is 0 Å². The van der Waals surface area contributed by atoms with Crippen LogP contribution >= 0.6 is 0 Å². The predicted molar refractivity (Wildman–Crippen MR) is 99.0 cm³/mol. The number of rotatable bonds is 8. The van der Waals surface area contributed by atoms with E-state index >= 15 is 0 Å². The van der Waals surface area contributed by atoms with Crippen molar-refractivity contribution < 1.29 is 14.3 Å². The highest BCUT2D eigenvalue weighted by Crippen LogP contribution is 2.24. The number of carbonyl (C=O) groups excluding carboxylic acids is 2. The number of amides is 2. The van der Waals surface area contributed by atoms with Crippen LogP contribution in [0, 0.1) is 0 Å². The molecule has 1 aliphatic carbocycles. The third kappa shape index (κ3) is 5.51. The number of nitrogens with zero attached hydrogens (tertiary/aromatic N) is 2. The van der Waals surface area contributed by atoms with Gasteiger partial charge in [0.15, 0.2) is 0 Å². The molecule has 2 bridgehead atoms. The van der Waals surface area contributed by atoms with Crippen LogP contribution in [0.5, 0.6) is 0 Å². The monoisotopic (exact) mass is 344 g/mol. The van der Waals surface area contributed by atoms with Crippen LogP contribution in [0.4, 0.5) is 0 Å². The Labute approximate surface area is 150 Å². The normalized spacial score (nSPS) is 24.5. The minimum absolute atomic E-state index is 0.169. The van der Waals surface area contributed by atoms with E-state index in [4.69, 9.17) is 4.74 Å². The number of fused-ring (bicyclic) bond motifs is 2. The first-order valence-corrected chi connectivity index (χ1v) is 9.05. The maximum Gasteiger partial charge on any atom is 0.257 e. The highest BCUT2D eigenvalue weighted by molar-refractivity contribution is 6.14. The maximum absolute atomic E-state index is 12.7. The largest absolute Gasteiger partial charge is 0.380 e. The van der Waals surface area contributed by atoms with E-state index in [1.807, 2.05) is 43.4 Å². The third-order valence-electron chi connectivity index (χ3n) is 4.40. The van der Waals surface area contributed by atoms with Crippen molar-refractivity contribution in [2.75, 3.05) is 39.4 Å². The van der Waals surface area contributed by atoms with E-state index in [0.29, 0.717) is 43.9 Å². The second kappa shape index (κ2) is 10.1. The molecule has 5 nitrogen and oxygen atoms in total. The van der Waals surface area contributed by atoms with Crippen LogP contribution < -0.4 is 0 Å². The van der Waals surface area contributed by atoms with Crippen LogP contribution in [0.3, 0.4) is 0 Å². The molecular formula is C20H28N2O3. The van der Waals surface area contributed by atoms with E-state index in [9.17, 15) is 9.59 Å². The second-order valence-corrected chi connectivity index (χ2v) is 6.05. The number of allylic oxidation sites excluding steroid dienone is 6. The summed E-state index contributed by atoms with van der Waals surface area (Å²) in [5.74, 6) is -0.338. The zero-order valence-electron chi connectivity index (χ0n) is 15.2. The van der Waals surface area contributed by atoms with Gasteiger partial charge in [0.2, 0.25) is 0 Å². The first-order valence-electron chi connectivity index (χ1n) is 9.05. The minimum atomic E-state index is -0.169. The highest BCUT2D eigenvalue weighted by atomic mass is 16.5. The van der Waals surface area contributed by atoms with Gasteiger partial charge >= 0.3 is 0 Å². The Morgan fingerprint density at radius 3 is 2.24 bits per heavy atom. The summed E-state index contributed by atoms with van der Waals surface area (Å²) in [5.41, 5.74) is 1.35. The number of hydrogen-bond donors (Lipinski definition) is 0. The van der Waals surface area contributed by atoms with E-state index in [1.165, 1.54) is 4.90 Å². The summed E-state index contributed by atoms with van der Waals surface area (Å²) in [7, 11) is 0. The Hall–Kier alpha value is -1.98. The van der Waals surface area contributed by atoms with Gasteiger partial charge < -0.3 is 4.74 Å². The molecule has 1 fully saturated rings. The molecule has 2 amide bonds. The van der Waals surface area contributed by atoms with Crippen LogP contribution in [0.25, 0.3) is 0 Å². The Kier molecular flexibility index (Phi) is 7.82. The van der Waals surface area contributed by atoms with Gasteiger partial charge in [0.25, 0.3) is 11.8 Å². The van der Waals surface area contributed by atoms with Gasteiger partial charge in [0, 0.05) is 43.8 Å². The molecule has 0 aromatic carbocycles. The summed E-state index contributed by atoms with van der Waals surface area (Å²) in [6, 6.07) is 0. The first kappa shape index (κ1) is 19.3. The Bertz CT molecular complexity index is 562. The summed E-state index contributed by atoms with van der Waals surface area (Å²) in [4.78, 5) is 28.9. The molecule has 0 spiro atoms. The molecule has 2 rings (SSSR count). The molecule has 0 aromatic rings. The van der Waals surface area contributed by atoms with E-state index in [1.54, 1.807) is 0 Å². The van der Waals surface area contributed by atoms with E-state index < -0.39 is 0 Å². The van der Waals surface area contributed by atoms with Gasteiger partial charge in [-0.05, 0) is 19.9 Å². The van der Waals surface area contributed by atoms with E-state index in [-0.39, 0.29) is 11.8 Å². The first-order chi connectivity index (χ1) is 12.2. The van der Waals surface area contributed by atoms with Crippen LogP contribution in [0.15, 0.2) is 47.6 Å². The third-order valence-corrected chi connectivity index (χ3v) is 4.40. The van der Waals surface area contributed by atoms with Crippen LogP contribution in [0.1, 0.15) is 26.7 Å². The summed E-state index contributed by atoms with van der Waals surface area (Å²) in [6.45, 7) is 8.14. The van der Waals surface area contributed by atoms with E-state index in [0.717, 1.165) is 19.5 Å². The lowest BCUT2D eigenvalue weighted by atomic mass is 9.96. The lowest BCUT2D eigenvalue weighted by Crippen LogP contribution is -2.46. The summed E-state index contributed by atoms with van der Waals surface area (Å²) in [6.07, 6.45) is 12.7. The maximum atomic E-state index is 12.7. The number of piperidine rings is 1. The average molecular weight is 344 g/mol. The molecule has 1 saturated heterocycles. The van der Waals surface area contributed by atoms with Crippen molar-refractivity contribution in [3.05, 3.63) is 47.6 Å². The minimum Gasteiger partial charge on any atom is -0.380 e. The van der Waals surface area contributed by atoms with Crippen molar-refractivity contribution in [2.45, 2.75) is 26.7 Å². The molecule has 1 heterocycles. The zero-order chi connectivity index (χ0) is 18.1. The molecule has 0 N–H and O–H groups in total. The Morgan fingerprint density at radius 1 is 1.04 bits per heavy atom. The van der Waals surface area contributed by atoms with Gasteiger partial charge in [0.05, 0.1) is 6.61 Å². The molecule has 0 radical (unpaired) electrons. The molecule has 0 atom stereocenters. The van der Waals surface area contributed by atoms with Crippen molar-refractivity contribution in [2.24, 2.45) is 0 Å². The number of hydrogen-bond acceptors (Lipinski definition) is 4. The topological polar surface area (TPSA) is 49.9 Å². The van der Waals surface area contributed by atoms with Gasteiger partial charge in [-0.15, -0.1) is 0 Å². The van der Waals surface area contributed by atoms with Crippen LogP contribution in [0.2, 0.25) is 0 Å². The fraction of sp³-hybridized carbons (Fsp3) is 0.500. The standard InChI is InChI=1S/C20H28N2O3/c1-3-21(14-15-25-4-2)12-13-22-19(23)17-10-8-6-5-7-9-11-18(16-17)20(22)24/h6-11H,3-5,12-16H2,1-2H3/b8-6-,9-7-,17-10+,18-11+. The number of carbonyl (C=O) groups is 2. The summed E-state index contributed by atoms with van der Waals surface area (Å²) < 4.78 is 5.39. The van der Waals surface area contributed by atoms with Crippen molar-refractivity contribution >= 4 is 11.8 Å². The smallest absolute Gasteiger partial charge is 0.257 e. The fourth-order valence-corrected chi connectivity index (χ4v) is 2.87. The van der Waals surface area contributed by atoms with Gasteiger partial charge in [-0.1, -0.05) is 43.4 Å². The number of likely N-dealkylation sites (tertiary alicyclic amines) is 1. The molecule has 25 heavy (non-hydrogen) atoms. The number of likely N-dealkylation sites (N-methyl/N-ethyl adjacent to an activating group) is 1. The molecular weight excluding hydrogens is 316 g/mol. The van der Waals surface area contributed by atoms with Crippen molar-refractivity contribution in [1.29, 1.82) is 0 Å². The molecule has 0 unspecified atom stereocenters. The Balaban J connectivity index is 2.07. The van der Waals surface area contributed by atoms with Gasteiger partial charge in [-0.2, -0.15) is 0 Å². The molecule has 0 saturated carbocycles. The lowest BCUT2D eigenvalue weighted by molar-refractivity contribution is -0.141. The predicted octanol–water partition coefficient (Wildman–Crippen LogP) is 2.47. The summed E-state index contributed by atoms with van der Waals surface area (Å²) in [5, 5.41) is 0. The molecule has 2 aliphatic rings.